The van der Waals surface area contributed by atoms with Gasteiger partial charge < -0.3 is 4.74 Å². The van der Waals surface area contributed by atoms with Gasteiger partial charge in [0.15, 0.2) is 4.32 Å². The maximum atomic E-state index is 13.3. The minimum Gasteiger partial charge on any atom is -0.494 e. The minimum atomic E-state index is -0.528. The molecule has 3 aromatic carbocycles. The lowest BCUT2D eigenvalue weighted by atomic mass is 10.1. The van der Waals surface area contributed by atoms with Crippen LogP contribution in [0, 0.1) is 0 Å². The van der Waals surface area contributed by atoms with Crippen molar-refractivity contribution < 1.29 is 14.3 Å². The fourth-order valence-corrected chi connectivity index (χ4v) is 5.21. The molecule has 0 aliphatic carbocycles. The largest absolute Gasteiger partial charge is 0.494 e. The Kier molecular flexibility index (Phi) is 7.59. The topological polar surface area (TPSA) is 76.5 Å². The van der Waals surface area contributed by atoms with E-state index in [0.29, 0.717) is 17.2 Å². The van der Waals surface area contributed by atoms with Crippen LogP contribution in [0.3, 0.4) is 0 Å². The number of thiocarbonyl (C=S) groups is 1. The van der Waals surface area contributed by atoms with Crippen molar-refractivity contribution in [2.24, 2.45) is 0 Å². The summed E-state index contributed by atoms with van der Waals surface area (Å²) in [4.78, 5) is 26.4. The molecule has 1 aromatic heterocycles. The van der Waals surface area contributed by atoms with Crippen LogP contribution in [0.2, 0.25) is 5.02 Å². The maximum absolute atomic E-state index is 13.3. The molecule has 0 unspecified atom stereocenters. The molecule has 0 radical (unpaired) electrons. The van der Waals surface area contributed by atoms with Gasteiger partial charge in [-0.1, -0.05) is 53.7 Å². The predicted octanol–water partition coefficient (Wildman–Crippen LogP) is 6.14. The molecule has 38 heavy (non-hydrogen) atoms. The third-order valence-corrected chi connectivity index (χ3v) is 7.25. The van der Waals surface area contributed by atoms with Crippen LogP contribution in [0.4, 0.5) is 0 Å². The van der Waals surface area contributed by atoms with Gasteiger partial charge in [-0.05, 0) is 73.7 Å². The predicted molar refractivity (Wildman–Crippen MR) is 154 cm³/mol. The van der Waals surface area contributed by atoms with E-state index in [9.17, 15) is 9.59 Å². The Balaban J connectivity index is 1.48. The number of carbonyl (C=O) groups is 2. The van der Waals surface area contributed by atoms with E-state index >= 15 is 0 Å². The molecule has 190 valence electrons. The number of nitrogens with one attached hydrogen (secondary N) is 1. The van der Waals surface area contributed by atoms with Crippen molar-refractivity contribution in [2.75, 3.05) is 6.61 Å². The molecule has 4 aromatic rings. The molecule has 1 saturated heterocycles. The zero-order chi connectivity index (χ0) is 26.6. The summed E-state index contributed by atoms with van der Waals surface area (Å²) in [7, 11) is 0. The SMILES string of the molecule is CCOc1ccc(-c2nn(-c3ccccc3)cc2C=C2SC(=S)N(NC(=O)c3ccccc3Cl)C2=O)cc1. The van der Waals surface area contributed by atoms with Crippen LogP contribution in [0.25, 0.3) is 23.0 Å². The molecule has 1 aliphatic rings. The number of amides is 2. The number of benzene rings is 3. The highest BCUT2D eigenvalue weighted by atomic mass is 35.5. The molecule has 2 heterocycles. The monoisotopic (exact) mass is 560 g/mol. The summed E-state index contributed by atoms with van der Waals surface area (Å²) in [6.45, 7) is 2.50. The summed E-state index contributed by atoms with van der Waals surface area (Å²) in [5.74, 6) is -0.207. The lowest BCUT2D eigenvalue weighted by Crippen LogP contribution is -2.44. The van der Waals surface area contributed by atoms with E-state index in [1.807, 2.05) is 67.7 Å². The fraction of sp³-hybridized carbons (Fsp3) is 0.0714. The molecule has 0 spiro atoms. The highest BCUT2D eigenvalue weighted by molar-refractivity contribution is 8.26. The van der Waals surface area contributed by atoms with E-state index in [1.54, 1.807) is 35.0 Å². The van der Waals surface area contributed by atoms with Crippen molar-refractivity contribution in [3.63, 3.8) is 0 Å². The van der Waals surface area contributed by atoms with E-state index in [2.05, 4.69) is 5.43 Å². The lowest BCUT2D eigenvalue weighted by molar-refractivity contribution is -0.123. The average Bonchev–Trinajstić information content (AvgIpc) is 3.46. The molecule has 7 nitrogen and oxygen atoms in total. The van der Waals surface area contributed by atoms with Crippen molar-refractivity contribution in [3.05, 3.63) is 106 Å². The summed E-state index contributed by atoms with van der Waals surface area (Å²) in [5.41, 5.74) is 5.95. The second-order valence-corrected chi connectivity index (χ2v) is 10.2. The molecule has 0 saturated carbocycles. The maximum Gasteiger partial charge on any atom is 0.285 e. The number of aromatic nitrogens is 2. The molecule has 1 fully saturated rings. The number of hydrogen-bond acceptors (Lipinski definition) is 6. The number of hydrogen-bond donors (Lipinski definition) is 1. The summed E-state index contributed by atoms with van der Waals surface area (Å²) >= 11 is 12.6. The van der Waals surface area contributed by atoms with Crippen LogP contribution >= 0.6 is 35.6 Å². The molecular formula is C28H21ClN4O3S2. The van der Waals surface area contributed by atoms with Crippen LogP contribution in [-0.2, 0) is 4.79 Å². The van der Waals surface area contributed by atoms with Gasteiger partial charge in [0.05, 0.1) is 33.5 Å². The van der Waals surface area contributed by atoms with Gasteiger partial charge in [-0.3, -0.25) is 15.0 Å². The number of nitrogens with zero attached hydrogens (tertiary/aromatic N) is 3. The average molecular weight is 561 g/mol. The van der Waals surface area contributed by atoms with E-state index in [1.165, 1.54) is 0 Å². The van der Waals surface area contributed by atoms with Gasteiger partial charge in [0.25, 0.3) is 11.8 Å². The third-order valence-electron chi connectivity index (χ3n) is 5.61. The number of rotatable bonds is 7. The molecule has 0 atom stereocenters. The quantitative estimate of drug-likeness (QED) is 0.216. The zero-order valence-corrected chi connectivity index (χ0v) is 22.5. The highest BCUT2D eigenvalue weighted by Crippen LogP contribution is 2.34. The van der Waals surface area contributed by atoms with Crippen LogP contribution in [-0.4, -0.2) is 37.5 Å². The molecular weight excluding hydrogens is 540 g/mol. The Hall–Kier alpha value is -3.92. The smallest absolute Gasteiger partial charge is 0.285 e. The number of carbonyl (C=O) groups excluding carboxylic acids is 2. The summed E-state index contributed by atoms with van der Waals surface area (Å²) < 4.78 is 7.54. The van der Waals surface area contributed by atoms with Gasteiger partial charge in [0.2, 0.25) is 0 Å². The van der Waals surface area contributed by atoms with Gasteiger partial charge in [-0.2, -0.15) is 10.1 Å². The van der Waals surface area contributed by atoms with Crippen molar-refractivity contribution >= 4 is 57.8 Å². The number of para-hydroxylation sites is 1. The second kappa shape index (κ2) is 11.2. The summed E-state index contributed by atoms with van der Waals surface area (Å²) in [6.07, 6.45) is 3.59. The minimum absolute atomic E-state index is 0.208. The van der Waals surface area contributed by atoms with Gasteiger partial charge >= 0.3 is 0 Å². The van der Waals surface area contributed by atoms with Crippen molar-refractivity contribution in [1.82, 2.24) is 20.2 Å². The number of ether oxygens (including phenoxy) is 1. The first-order valence-corrected chi connectivity index (χ1v) is 13.3. The first-order valence-electron chi connectivity index (χ1n) is 11.7. The Bertz CT molecular complexity index is 1550. The van der Waals surface area contributed by atoms with Crippen molar-refractivity contribution in [1.29, 1.82) is 0 Å². The van der Waals surface area contributed by atoms with Gasteiger partial charge in [0, 0.05) is 17.3 Å². The van der Waals surface area contributed by atoms with Gasteiger partial charge in [-0.25, -0.2) is 4.68 Å². The Labute approximate surface area is 234 Å². The molecule has 1 aliphatic heterocycles. The van der Waals surface area contributed by atoms with E-state index in [4.69, 9.17) is 33.7 Å². The van der Waals surface area contributed by atoms with Gasteiger partial charge in [0.1, 0.15) is 5.75 Å². The number of thioether (sulfide) groups is 1. The van der Waals surface area contributed by atoms with Crippen molar-refractivity contribution in [2.45, 2.75) is 6.92 Å². The van der Waals surface area contributed by atoms with Crippen molar-refractivity contribution in [3.8, 4) is 22.7 Å². The fourth-order valence-electron chi connectivity index (χ4n) is 3.82. The first kappa shape index (κ1) is 25.7. The zero-order valence-electron chi connectivity index (χ0n) is 20.1. The summed E-state index contributed by atoms with van der Waals surface area (Å²) in [6, 6.07) is 23.9. The molecule has 2 amide bonds. The van der Waals surface area contributed by atoms with E-state index in [-0.39, 0.29) is 14.9 Å². The summed E-state index contributed by atoms with van der Waals surface area (Å²) in [5, 5.41) is 6.15. The standard InChI is InChI=1S/C28H21ClN4O3S2/c1-2-36-21-14-12-18(13-15-21)25-19(17-32(30-25)20-8-4-3-5-9-20)16-24-27(35)33(28(37)38-24)31-26(34)22-10-6-7-11-23(22)29/h3-17H,2H2,1H3,(H,31,34). The van der Waals surface area contributed by atoms with Crippen LogP contribution in [0.5, 0.6) is 5.75 Å². The van der Waals surface area contributed by atoms with Crippen LogP contribution in [0.15, 0.2) is 90.0 Å². The Morgan fingerprint density at radius 2 is 1.79 bits per heavy atom. The molecule has 10 heteroatoms. The third kappa shape index (κ3) is 5.35. The molecule has 5 rings (SSSR count). The van der Waals surface area contributed by atoms with E-state index in [0.717, 1.165) is 39.3 Å². The number of halogens is 1. The van der Waals surface area contributed by atoms with Crippen LogP contribution in [0.1, 0.15) is 22.8 Å². The second-order valence-electron chi connectivity index (χ2n) is 8.11. The Morgan fingerprint density at radius 3 is 2.50 bits per heavy atom. The molecule has 1 N–H and O–H groups in total. The normalized spacial score (nSPS) is 14.3. The Morgan fingerprint density at radius 1 is 1.08 bits per heavy atom. The van der Waals surface area contributed by atoms with Crippen LogP contribution < -0.4 is 10.2 Å². The first-order chi connectivity index (χ1) is 18.4. The highest BCUT2D eigenvalue weighted by Gasteiger charge is 2.34. The molecule has 0 bridgehead atoms. The van der Waals surface area contributed by atoms with Gasteiger partial charge in [-0.15, -0.1) is 0 Å². The number of hydrazine groups is 1. The van der Waals surface area contributed by atoms with E-state index < -0.39 is 11.8 Å². The lowest BCUT2D eigenvalue weighted by Gasteiger charge is -2.16.